The van der Waals surface area contributed by atoms with Crippen LogP contribution < -0.4 is 0 Å². The first-order chi connectivity index (χ1) is 8.61. The van der Waals surface area contributed by atoms with Crippen LogP contribution in [0, 0.1) is 0 Å². The number of ether oxygens (including phenoxy) is 2. The summed E-state index contributed by atoms with van der Waals surface area (Å²) in [6.45, 7) is 6.50. The Morgan fingerprint density at radius 3 is 1.16 bits per heavy atom. The molecule has 19 heavy (non-hydrogen) atoms. The Bertz CT molecular complexity index is 257. The first-order valence-corrected chi connectivity index (χ1v) is 7.32. The molecule has 0 N–H and O–H groups in total. The van der Waals surface area contributed by atoms with Crippen molar-refractivity contribution in [2.75, 3.05) is 52.6 Å². The minimum Gasteiger partial charge on any atom is -0.411 e. The van der Waals surface area contributed by atoms with Gasteiger partial charge in [-0.3, -0.25) is 0 Å². The summed E-state index contributed by atoms with van der Waals surface area (Å²) in [5.74, 6) is 0. The van der Waals surface area contributed by atoms with E-state index in [1.165, 1.54) is 0 Å². The second kappa shape index (κ2) is 11.4. The molecule has 0 atom stereocenters. The average molecular weight is 390 g/mol. The molecule has 2 saturated heterocycles. The van der Waals surface area contributed by atoms with Gasteiger partial charge >= 0.3 is 19.5 Å². The average Bonchev–Trinajstić information content (AvgIpc) is 2.41. The first kappa shape index (κ1) is 19.8. The maximum absolute atomic E-state index is 5.10. The Balaban J connectivity index is 0.000000324. The molecule has 2 fully saturated rings. The van der Waals surface area contributed by atoms with Crippen molar-refractivity contribution in [3.8, 4) is 0 Å². The topological polar surface area (TPSA) is 24.9 Å². The summed E-state index contributed by atoms with van der Waals surface area (Å²) in [6, 6.07) is 0. The van der Waals surface area contributed by atoms with E-state index in [0.29, 0.717) is 8.64 Å². The van der Waals surface area contributed by atoms with Crippen LogP contribution in [0.25, 0.3) is 0 Å². The predicted octanol–water partition coefficient (Wildman–Crippen LogP) is 0.298. The molecule has 0 spiro atoms. The third-order valence-corrected chi connectivity index (χ3v) is 3.57. The van der Waals surface area contributed by atoms with Crippen molar-refractivity contribution < 1.29 is 29.0 Å². The van der Waals surface area contributed by atoms with E-state index < -0.39 is 0 Å². The number of hydrogen-bond acceptors (Lipinski definition) is 6. The van der Waals surface area contributed by atoms with Gasteiger partial charge in [0, 0.05) is 26.2 Å². The number of rotatable bonds is 0. The molecule has 0 unspecified atom stereocenters. The van der Waals surface area contributed by atoms with Gasteiger partial charge in [0.2, 0.25) is 0 Å². The standard InChI is InChI=1S/2C5H9NOS2.Zn/c2*8-5(9)6-1-3-7-4-2-6;/h2*1-4H2,(H,8,9);/q;;+2/p-2. The molecular formula is C10H16N2O2S4Zn. The molecule has 9 heteroatoms. The van der Waals surface area contributed by atoms with Crippen LogP contribution in [0.3, 0.4) is 0 Å². The molecule has 104 valence electrons. The number of morpholine rings is 2. The van der Waals surface area contributed by atoms with Crippen LogP contribution in [0.15, 0.2) is 0 Å². The van der Waals surface area contributed by atoms with E-state index in [1.54, 1.807) is 0 Å². The van der Waals surface area contributed by atoms with Gasteiger partial charge in [-0.05, 0) is 0 Å². The van der Waals surface area contributed by atoms with Crippen LogP contribution in [-0.4, -0.2) is 71.0 Å². The fraction of sp³-hybridized carbons (Fsp3) is 0.800. The maximum atomic E-state index is 5.10. The smallest absolute Gasteiger partial charge is 0.411 e. The molecule has 4 nitrogen and oxygen atoms in total. The summed E-state index contributed by atoms with van der Waals surface area (Å²) in [5, 5.41) is 0. The Morgan fingerprint density at radius 2 is 1.00 bits per heavy atom. The van der Waals surface area contributed by atoms with Gasteiger partial charge in [0.15, 0.2) is 0 Å². The molecule has 0 amide bonds. The van der Waals surface area contributed by atoms with Gasteiger partial charge < -0.3 is 69.0 Å². The van der Waals surface area contributed by atoms with Crippen molar-refractivity contribution in [1.82, 2.24) is 9.80 Å². The molecular weight excluding hydrogens is 374 g/mol. The minimum atomic E-state index is 0. The fourth-order valence-electron chi connectivity index (χ4n) is 1.49. The molecule has 0 aromatic rings. The predicted molar refractivity (Wildman–Crippen MR) is 84.7 cm³/mol. The monoisotopic (exact) mass is 388 g/mol. The molecule has 0 aliphatic carbocycles. The van der Waals surface area contributed by atoms with Gasteiger partial charge in [0.05, 0.1) is 26.4 Å². The van der Waals surface area contributed by atoms with Crippen molar-refractivity contribution in [2.24, 2.45) is 0 Å². The molecule has 0 radical (unpaired) electrons. The molecule has 0 aromatic heterocycles. The summed E-state index contributed by atoms with van der Waals surface area (Å²) in [5.41, 5.74) is 0. The van der Waals surface area contributed by atoms with Crippen molar-refractivity contribution in [3.05, 3.63) is 0 Å². The van der Waals surface area contributed by atoms with E-state index in [4.69, 9.17) is 59.2 Å². The molecule has 2 aliphatic heterocycles. The summed E-state index contributed by atoms with van der Waals surface area (Å²) in [7, 11) is 0. The van der Waals surface area contributed by atoms with E-state index in [2.05, 4.69) is 0 Å². The van der Waals surface area contributed by atoms with Gasteiger partial charge in [-0.15, -0.1) is 0 Å². The Labute approximate surface area is 149 Å². The molecule has 0 saturated carbocycles. The van der Waals surface area contributed by atoms with Crippen molar-refractivity contribution in [1.29, 1.82) is 0 Å². The Morgan fingerprint density at radius 1 is 0.737 bits per heavy atom. The quantitative estimate of drug-likeness (QED) is 0.331. The molecule has 0 bridgehead atoms. The van der Waals surface area contributed by atoms with E-state index in [-0.39, 0.29) is 19.5 Å². The van der Waals surface area contributed by atoms with Crippen LogP contribution >= 0.6 is 24.4 Å². The number of hydrogen-bond donors (Lipinski definition) is 0. The Kier molecular flexibility index (Phi) is 11.9. The zero-order valence-corrected chi connectivity index (χ0v) is 16.9. The van der Waals surface area contributed by atoms with Gasteiger partial charge in [-0.2, -0.15) is 0 Å². The van der Waals surface area contributed by atoms with Gasteiger partial charge in [0.25, 0.3) is 0 Å². The molecule has 0 aromatic carbocycles. The van der Waals surface area contributed by atoms with Gasteiger partial charge in [-0.25, -0.2) is 0 Å². The number of thiocarbonyl (C=S) groups is 2. The second-order valence-electron chi connectivity index (χ2n) is 3.73. The second-order valence-corrected chi connectivity index (χ2v) is 5.79. The molecule has 2 aliphatic rings. The first-order valence-electron chi connectivity index (χ1n) is 5.68. The summed E-state index contributed by atoms with van der Waals surface area (Å²) in [4.78, 5) is 3.96. The Hall–Kier alpha value is 0.763. The summed E-state index contributed by atoms with van der Waals surface area (Å²) >= 11 is 19.2. The summed E-state index contributed by atoms with van der Waals surface area (Å²) < 4.78 is 11.3. The minimum absolute atomic E-state index is 0. The fourth-order valence-corrected chi connectivity index (χ4v) is 2.22. The molecule has 2 rings (SSSR count). The van der Waals surface area contributed by atoms with Gasteiger partial charge in [-0.1, -0.05) is 8.64 Å². The van der Waals surface area contributed by atoms with Crippen LogP contribution in [0.5, 0.6) is 0 Å². The largest absolute Gasteiger partial charge is 2.00 e. The third kappa shape index (κ3) is 8.60. The van der Waals surface area contributed by atoms with Crippen LogP contribution in [-0.2, 0) is 54.2 Å². The van der Waals surface area contributed by atoms with Crippen LogP contribution in [0.1, 0.15) is 0 Å². The van der Waals surface area contributed by atoms with Gasteiger partial charge in [0.1, 0.15) is 0 Å². The van der Waals surface area contributed by atoms with Crippen molar-refractivity contribution >= 4 is 58.3 Å². The van der Waals surface area contributed by atoms with Crippen molar-refractivity contribution in [3.63, 3.8) is 0 Å². The van der Waals surface area contributed by atoms with E-state index in [9.17, 15) is 0 Å². The third-order valence-electron chi connectivity index (χ3n) is 2.54. The van der Waals surface area contributed by atoms with E-state index in [0.717, 1.165) is 52.6 Å². The van der Waals surface area contributed by atoms with E-state index >= 15 is 0 Å². The maximum Gasteiger partial charge on any atom is 2.00 e. The molecule has 2 heterocycles. The van der Waals surface area contributed by atoms with Crippen LogP contribution in [0.4, 0.5) is 0 Å². The van der Waals surface area contributed by atoms with Crippen LogP contribution in [0.2, 0.25) is 0 Å². The summed E-state index contributed by atoms with van der Waals surface area (Å²) in [6.07, 6.45) is 0. The SMILES string of the molecule is S=C([S-])N1CCOCC1.S=C([S-])N1CCOCC1.[Zn+2]. The zero-order chi connectivity index (χ0) is 13.4. The normalized spacial score (nSPS) is 18.7. The zero-order valence-electron chi connectivity index (χ0n) is 10.7. The number of nitrogens with zero attached hydrogens (tertiary/aromatic N) is 2. The van der Waals surface area contributed by atoms with E-state index in [1.807, 2.05) is 9.80 Å². The van der Waals surface area contributed by atoms with Crippen molar-refractivity contribution in [2.45, 2.75) is 0 Å².